The molecule has 0 radical (unpaired) electrons. The molecule has 11 heteroatoms. The average Bonchev–Trinajstić information content (AvgIpc) is 3.14. The molecule has 3 heterocycles. The third-order valence-corrected chi connectivity index (χ3v) is 5.87. The Bertz CT molecular complexity index is 1650. The predicted octanol–water partition coefficient (Wildman–Crippen LogP) is 2.24. The molecule has 0 bridgehead atoms. The van der Waals surface area contributed by atoms with Crippen LogP contribution in [0.25, 0.3) is 27.9 Å². The molecule has 3 aromatic heterocycles. The van der Waals surface area contributed by atoms with Crippen molar-refractivity contribution in [3.8, 4) is 11.4 Å². The van der Waals surface area contributed by atoms with Crippen molar-refractivity contribution in [2.45, 2.75) is 4.90 Å². The molecule has 0 aliphatic rings. The number of sulfone groups is 1. The van der Waals surface area contributed by atoms with Gasteiger partial charge in [-0.2, -0.15) is 4.52 Å². The molecule has 2 aromatic carbocycles. The Morgan fingerprint density at radius 3 is 2.53 bits per heavy atom. The summed E-state index contributed by atoms with van der Waals surface area (Å²) in [6.07, 6.45) is 5.23. The second-order valence-corrected chi connectivity index (χ2v) is 8.98. The quantitative estimate of drug-likeness (QED) is 0.442. The van der Waals surface area contributed by atoms with E-state index < -0.39 is 15.4 Å². The summed E-state index contributed by atoms with van der Waals surface area (Å²) in [5.74, 6) is 0.639. The first kappa shape index (κ1) is 19.7. The van der Waals surface area contributed by atoms with Crippen LogP contribution in [0.2, 0.25) is 0 Å². The zero-order valence-electron chi connectivity index (χ0n) is 16.7. The third-order valence-electron chi connectivity index (χ3n) is 4.74. The van der Waals surface area contributed by atoms with Crippen molar-refractivity contribution in [1.82, 2.24) is 29.5 Å². The van der Waals surface area contributed by atoms with Gasteiger partial charge < -0.3 is 5.32 Å². The molecule has 0 aliphatic heterocycles. The normalized spacial score (nSPS) is 11.7. The van der Waals surface area contributed by atoms with Crippen LogP contribution in [0.3, 0.4) is 0 Å². The highest BCUT2D eigenvalue weighted by Crippen LogP contribution is 2.25. The summed E-state index contributed by atoms with van der Waals surface area (Å²) in [6, 6.07) is 13.7. The molecule has 0 fully saturated rings. The van der Waals surface area contributed by atoms with Crippen LogP contribution in [-0.2, 0) is 9.84 Å². The van der Waals surface area contributed by atoms with Gasteiger partial charge in [0.05, 0.1) is 16.6 Å². The molecule has 0 saturated carbocycles. The number of nitrogens with zero attached hydrogens (tertiary/aromatic N) is 6. The van der Waals surface area contributed by atoms with Crippen LogP contribution in [-0.4, -0.2) is 44.2 Å². The Hall–Kier alpha value is -4.25. The zero-order valence-corrected chi connectivity index (χ0v) is 17.5. The van der Waals surface area contributed by atoms with E-state index in [1.165, 1.54) is 35.2 Å². The van der Waals surface area contributed by atoms with E-state index in [4.69, 9.17) is 0 Å². The van der Waals surface area contributed by atoms with Gasteiger partial charge in [-0.3, -0.25) is 9.78 Å². The molecular weight excluding hydrogens is 430 g/mol. The number of hydrogen-bond acceptors (Lipinski definition) is 9. The van der Waals surface area contributed by atoms with Crippen LogP contribution < -0.4 is 10.9 Å². The van der Waals surface area contributed by atoms with Gasteiger partial charge in [0, 0.05) is 29.6 Å². The van der Waals surface area contributed by atoms with Crippen LogP contribution in [0.15, 0.2) is 76.8 Å². The number of aromatic nitrogens is 6. The minimum Gasteiger partial charge on any atom is -0.318 e. The van der Waals surface area contributed by atoms with Crippen LogP contribution in [0.5, 0.6) is 0 Å². The number of anilines is 2. The second-order valence-electron chi connectivity index (χ2n) is 6.97. The molecule has 1 N–H and O–H groups in total. The van der Waals surface area contributed by atoms with E-state index in [0.29, 0.717) is 22.6 Å². The molecule has 0 spiro atoms. The summed E-state index contributed by atoms with van der Waals surface area (Å²) in [5, 5.41) is 8.27. The largest absolute Gasteiger partial charge is 0.318 e. The van der Waals surface area contributed by atoms with Crippen molar-refractivity contribution in [2.24, 2.45) is 0 Å². The first-order valence-electron chi connectivity index (χ1n) is 9.43. The van der Waals surface area contributed by atoms with E-state index in [-0.39, 0.29) is 16.5 Å². The number of nitrogens with one attached hydrogen (secondary N) is 1. The fourth-order valence-electron chi connectivity index (χ4n) is 3.20. The molecule has 5 aromatic rings. The second kappa shape index (κ2) is 7.46. The van der Waals surface area contributed by atoms with Crippen LogP contribution in [0.4, 0.5) is 11.6 Å². The van der Waals surface area contributed by atoms with Gasteiger partial charge in [0.2, 0.25) is 5.95 Å². The van der Waals surface area contributed by atoms with Crippen molar-refractivity contribution in [2.75, 3.05) is 11.6 Å². The van der Waals surface area contributed by atoms with Gasteiger partial charge in [0.1, 0.15) is 5.69 Å². The van der Waals surface area contributed by atoms with Gasteiger partial charge in [0.25, 0.3) is 5.56 Å². The molecule has 5 rings (SSSR count). The van der Waals surface area contributed by atoms with Gasteiger partial charge in [-0.25, -0.2) is 23.4 Å². The number of para-hydroxylation sites is 1. The zero-order chi connectivity index (χ0) is 22.3. The summed E-state index contributed by atoms with van der Waals surface area (Å²) >= 11 is 0. The SMILES string of the molecule is CS(=O)(=O)c1ccc(-c2nc3c4ccccc4nc(Nc4cnccnc4=O)n3n2)cc1. The maximum absolute atomic E-state index is 12.2. The summed E-state index contributed by atoms with van der Waals surface area (Å²) in [6.45, 7) is 0. The smallest absolute Gasteiger partial charge is 0.295 e. The Kier molecular flexibility index (Phi) is 4.59. The number of benzene rings is 2. The summed E-state index contributed by atoms with van der Waals surface area (Å²) in [4.78, 5) is 29.4. The van der Waals surface area contributed by atoms with Gasteiger partial charge in [-0.05, 0) is 36.4 Å². The summed E-state index contributed by atoms with van der Waals surface area (Å²) in [5.41, 5.74) is 1.45. The average molecular weight is 445 g/mol. The van der Waals surface area contributed by atoms with Crippen molar-refractivity contribution < 1.29 is 8.42 Å². The first-order chi connectivity index (χ1) is 15.4. The number of fused-ring (bicyclic) bond motifs is 3. The minimum absolute atomic E-state index is 0.133. The van der Waals surface area contributed by atoms with E-state index in [0.717, 1.165) is 11.6 Å². The predicted molar refractivity (Wildman–Crippen MR) is 118 cm³/mol. The first-order valence-corrected chi connectivity index (χ1v) is 11.3. The molecule has 0 unspecified atom stereocenters. The molecule has 0 saturated heterocycles. The maximum Gasteiger partial charge on any atom is 0.295 e. The topological polar surface area (TPSA) is 132 Å². The molecule has 32 heavy (non-hydrogen) atoms. The van der Waals surface area contributed by atoms with E-state index >= 15 is 0 Å². The summed E-state index contributed by atoms with van der Waals surface area (Å²) < 4.78 is 25.0. The van der Waals surface area contributed by atoms with Gasteiger partial charge in [0.15, 0.2) is 21.3 Å². The minimum atomic E-state index is -3.31. The molecule has 0 atom stereocenters. The third kappa shape index (κ3) is 3.54. The molecular formula is C21H15N7O3S. The highest BCUT2D eigenvalue weighted by Gasteiger charge is 2.16. The van der Waals surface area contributed by atoms with Gasteiger partial charge in [-0.15, -0.1) is 5.10 Å². The lowest BCUT2D eigenvalue weighted by Gasteiger charge is -2.07. The fourth-order valence-corrected chi connectivity index (χ4v) is 3.83. The molecule has 158 valence electrons. The van der Waals surface area contributed by atoms with E-state index in [9.17, 15) is 13.2 Å². The lowest BCUT2D eigenvalue weighted by Crippen LogP contribution is -2.11. The molecule has 0 aliphatic carbocycles. The van der Waals surface area contributed by atoms with Crippen molar-refractivity contribution in [1.29, 1.82) is 0 Å². The standard InChI is InChI=1S/C21H15N7O3S/c1-32(30,31)14-8-6-13(7-9-14)18-26-19-15-4-2-3-5-16(15)24-21(28(19)27-18)25-17-12-22-10-11-23-20(17)29/h2-12H,1H3,(H,23,24,25,29). The highest BCUT2D eigenvalue weighted by atomic mass is 32.2. The van der Waals surface area contributed by atoms with E-state index in [2.05, 4.69) is 30.4 Å². The van der Waals surface area contributed by atoms with Crippen molar-refractivity contribution in [3.63, 3.8) is 0 Å². The van der Waals surface area contributed by atoms with E-state index in [1.807, 2.05) is 24.3 Å². The lowest BCUT2D eigenvalue weighted by atomic mass is 10.2. The van der Waals surface area contributed by atoms with Crippen LogP contribution >= 0.6 is 0 Å². The van der Waals surface area contributed by atoms with Gasteiger partial charge >= 0.3 is 0 Å². The Balaban J connectivity index is 1.70. The molecule has 0 amide bonds. The van der Waals surface area contributed by atoms with Crippen LogP contribution in [0, 0.1) is 0 Å². The van der Waals surface area contributed by atoms with Crippen molar-refractivity contribution >= 4 is 38.0 Å². The Morgan fingerprint density at radius 2 is 1.75 bits per heavy atom. The fraction of sp³-hybridized carbons (Fsp3) is 0.0476. The Labute approximate surface area is 181 Å². The van der Waals surface area contributed by atoms with E-state index in [1.54, 1.807) is 12.1 Å². The Morgan fingerprint density at radius 1 is 0.969 bits per heavy atom. The maximum atomic E-state index is 12.2. The number of rotatable bonds is 4. The monoisotopic (exact) mass is 445 g/mol. The lowest BCUT2D eigenvalue weighted by molar-refractivity contribution is 0.602. The van der Waals surface area contributed by atoms with Gasteiger partial charge in [-0.1, -0.05) is 12.1 Å². The highest BCUT2D eigenvalue weighted by molar-refractivity contribution is 7.90. The summed E-state index contributed by atoms with van der Waals surface area (Å²) in [7, 11) is -3.31. The van der Waals surface area contributed by atoms with Crippen molar-refractivity contribution in [3.05, 3.63) is 77.5 Å². The van der Waals surface area contributed by atoms with Crippen LogP contribution in [0.1, 0.15) is 0 Å². The molecule has 10 nitrogen and oxygen atoms in total. The number of hydrogen-bond donors (Lipinski definition) is 1.